The molecule has 0 spiro atoms. The van der Waals surface area contributed by atoms with Gasteiger partial charge < -0.3 is 4.74 Å². The molecule has 4 nitrogen and oxygen atoms in total. The highest BCUT2D eigenvalue weighted by molar-refractivity contribution is 5.76. The Labute approximate surface area is 129 Å². The van der Waals surface area contributed by atoms with Crippen LogP contribution >= 0.6 is 0 Å². The zero-order chi connectivity index (χ0) is 17.0. The molecule has 114 valence electrons. The lowest BCUT2D eigenvalue weighted by molar-refractivity contribution is -0.137. The van der Waals surface area contributed by atoms with Gasteiger partial charge >= 0.3 is 6.18 Å². The predicted molar refractivity (Wildman–Crippen MR) is 72.8 cm³/mol. The fourth-order valence-corrected chi connectivity index (χ4v) is 1.84. The van der Waals surface area contributed by atoms with E-state index >= 15 is 0 Å². The van der Waals surface area contributed by atoms with Gasteiger partial charge in [-0.15, -0.1) is 0 Å². The van der Waals surface area contributed by atoms with Gasteiger partial charge in [0.2, 0.25) is 0 Å². The Hall–Kier alpha value is -3.32. The summed E-state index contributed by atoms with van der Waals surface area (Å²) in [5.41, 5.74) is -1.40. The van der Waals surface area contributed by atoms with Gasteiger partial charge in [0.1, 0.15) is 23.9 Å². The second-order valence-corrected chi connectivity index (χ2v) is 4.40. The summed E-state index contributed by atoms with van der Waals surface area (Å²) in [5, 5.41) is 17.7. The number of alkyl halides is 3. The van der Waals surface area contributed by atoms with Gasteiger partial charge in [0, 0.05) is 5.56 Å². The van der Waals surface area contributed by atoms with E-state index in [0.29, 0.717) is 12.4 Å². The van der Waals surface area contributed by atoms with Crippen LogP contribution in [-0.4, -0.2) is 6.29 Å². The lowest BCUT2D eigenvalue weighted by Crippen LogP contribution is -2.08. The molecule has 0 bridgehead atoms. The Morgan fingerprint density at radius 1 is 1.00 bits per heavy atom. The molecule has 0 radical (unpaired) electrons. The number of ether oxygens (including phenoxy) is 1. The maximum Gasteiger partial charge on any atom is 0.417 e. The van der Waals surface area contributed by atoms with Crippen LogP contribution in [0.2, 0.25) is 0 Å². The molecule has 0 N–H and O–H groups in total. The molecule has 0 aliphatic rings. The first-order valence-electron chi connectivity index (χ1n) is 6.17. The number of hydrogen-bond acceptors (Lipinski definition) is 4. The average molecular weight is 316 g/mol. The number of halogens is 3. The number of benzene rings is 2. The van der Waals surface area contributed by atoms with Crippen molar-refractivity contribution in [3.63, 3.8) is 0 Å². The number of nitrogens with zero attached hydrogens (tertiary/aromatic N) is 2. The van der Waals surface area contributed by atoms with Crippen molar-refractivity contribution in [2.24, 2.45) is 0 Å². The minimum Gasteiger partial charge on any atom is -0.456 e. The van der Waals surface area contributed by atoms with Gasteiger partial charge in [0.05, 0.1) is 22.8 Å². The third-order valence-corrected chi connectivity index (χ3v) is 2.90. The van der Waals surface area contributed by atoms with Crippen molar-refractivity contribution >= 4 is 6.29 Å². The first-order chi connectivity index (χ1) is 10.9. The van der Waals surface area contributed by atoms with E-state index in [1.54, 1.807) is 6.07 Å². The zero-order valence-electron chi connectivity index (χ0n) is 11.4. The molecular weight excluding hydrogens is 309 g/mol. The molecular formula is C16H7F3N2O2. The molecule has 0 aromatic heterocycles. The lowest BCUT2D eigenvalue weighted by Gasteiger charge is -2.12. The predicted octanol–water partition coefficient (Wildman–Crippen LogP) is 4.05. The summed E-state index contributed by atoms with van der Waals surface area (Å²) in [6, 6.07) is 10.1. The van der Waals surface area contributed by atoms with Crippen LogP contribution in [0.4, 0.5) is 13.2 Å². The molecule has 0 unspecified atom stereocenters. The summed E-state index contributed by atoms with van der Waals surface area (Å²) in [5.74, 6) is -0.164. The molecule has 23 heavy (non-hydrogen) atoms. The number of hydrogen-bond donors (Lipinski definition) is 0. The second-order valence-electron chi connectivity index (χ2n) is 4.40. The fraction of sp³-hybridized carbons (Fsp3) is 0.0625. The van der Waals surface area contributed by atoms with Crippen LogP contribution in [0.15, 0.2) is 36.4 Å². The van der Waals surface area contributed by atoms with E-state index in [0.717, 1.165) is 6.07 Å². The third-order valence-electron chi connectivity index (χ3n) is 2.90. The Bertz CT molecular complexity index is 846. The van der Waals surface area contributed by atoms with Crippen molar-refractivity contribution in [2.75, 3.05) is 0 Å². The van der Waals surface area contributed by atoms with Gasteiger partial charge in [-0.25, -0.2) is 0 Å². The Morgan fingerprint density at radius 2 is 1.70 bits per heavy atom. The molecule has 0 aliphatic carbocycles. The molecule has 2 rings (SSSR count). The Morgan fingerprint density at radius 3 is 2.26 bits per heavy atom. The van der Waals surface area contributed by atoms with E-state index in [-0.39, 0.29) is 22.6 Å². The van der Waals surface area contributed by atoms with Crippen LogP contribution in [0.3, 0.4) is 0 Å². The van der Waals surface area contributed by atoms with Gasteiger partial charge in [-0.1, -0.05) is 0 Å². The summed E-state index contributed by atoms with van der Waals surface area (Å²) in [4.78, 5) is 10.7. The van der Waals surface area contributed by atoms with Gasteiger partial charge in [0.25, 0.3) is 0 Å². The molecule has 0 saturated heterocycles. The van der Waals surface area contributed by atoms with E-state index in [2.05, 4.69) is 0 Å². The maximum absolute atomic E-state index is 12.9. The molecule has 0 aliphatic heterocycles. The molecule has 0 atom stereocenters. The molecule has 7 heteroatoms. The van der Waals surface area contributed by atoms with Gasteiger partial charge in [-0.05, 0) is 36.4 Å². The van der Waals surface area contributed by atoms with Crippen LogP contribution < -0.4 is 4.74 Å². The van der Waals surface area contributed by atoms with Gasteiger partial charge in [-0.3, -0.25) is 4.79 Å². The number of carbonyl (C=O) groups is 1. The average Bonchev–Trinajstić information content (AvgIpc) is 2.54. The fourth-order valence-electron chi connectivity index (χ4n) is 1.84. The summed E-state index contributed by atoms with van der Waals surface area (Å²) in [6.45, 7) is 0. The van der Waals surface area contributed by atoms with E-state index in [9.17, 15) is 18.0 Å². The maximum atomic E-state index is 12.9. The summed E-state index contributed by atoms with van der Waals surface area (Å²) in [6.07, 6.45) is -4.17. The molecule has 0 saturated carbocycles. The number of nitriles is 2. The lowest BCUT2D eigenvalue weighted by atomic mass is 10.1. The summed E-state index contributed by atoms with van der Waals surface area (Å²) < 4.78 is 44.0. The summed E-state index contributed by atoms with van der Waals surface area (Å²) >= 11 is 0. The van der Waals surface area contributed by atoms with Crippen LogP contribution in [0.1, 0.15) is 27.0 Å². The normalized spacial score (nSPS) is 10.5. The smallest absolute Gasteiger partial charge is 0.417 e. The van der Waals surface area contributed by atoms with Crippen LogP contribution in [-0.2, 0) is 6.18 Å². The molecule has 2 aromatic carbocycles. The quantitative estimate of drug-likeness (QED) is 0.801. The van der Waals surface area contributed by atoms with Gasteiger partial charge in [0.15, 0.2) is 0 Å². The molecule has 2 aromatic rings. The third kappa shape index (κ3) is 3.47. The zero-order valence-corrected chi connectivity index (χ0v) is 11.4. The minimum absolute atomic E-state index is 0.00696. The number of rotatable bonds is 3. The highest BCUT2D eigenvalue weighted by Crippen LogP contribution is 2.35. The van der Waals surface area contributed by atoms with Crippen LogP contribution in [0.5, 0.6) is 11.5 Å². The first-order valence-corrected chi connectivity index (χ1v) is 6.17. The van der Waals surface area contributed by atoms with E-state index in [1.165, 1.54) is 30.3 Å². The number of aldehydes is 1. The highest BCUT2D eigenvalue weighted by Gasteiger charge is 2.34. The monoisotopic (exact) mass is 316 g/mol. The molecule has 0 heterocycles. The SMILES string of the molecule is N#Cc1cc(C=O)ccc1Oc1ccc(C#N)c(C(F)(F)F)c1. The standard InChI is InChI=1S/C16H7F3N2O2/c17-16(18,19)14-6-13(3-2-11(14)7-20)23-15-4-1-10(9-22)5-12(15)8-21/h1-6,9H. The Balaban J connectivity index is 2.44. The largest absolute Gasteiger partial charge is 0.456 e. The molecule has 0 fully saturated rings. The second kappa shape index (κ2) is 6.20. The van der Waals surface area contributed by atoms with Crippen molar-refractivity contribution in [3.8, 4) is 23.6 Å². The van der Waals surface area contributed by atoms with Crippen molar-refractivity contribution in [1.29, 1.82) is 10.5 Å². The van der Waals surface area contributed by atoms with Crippen LogP contribution in [0, 0.1) is 22.7 Å². The van der Waals surface area contributed by atoms with Crippen molar-refractivity contribution in [1.82, 2.24) is 0 Å². The number of carbonyl (C=O) groups excluding carboxylic acids is 1. The summed E-state index contributed by atoms with van der Waals surface area (Å²) in [7, 11) is 0. The molecule has 0 amide bonds. The van der Waals surface area contributed by atoms with Gasteiger partial charge in [-0.2, -0.15) is 23.7 Å². The van der Waals surface area contributed by atoms with Crippen molar-refractivity contribution < 1.29 is 22.7 Å². The first kappa shape index (κ1) is 16.1. The topological polar surface area (TPSA) is 73.9 Å². The van der Waals surface area contributed by atoms with Crippen LogP contribution in [0.25, 0.3) is 0 Å². The van der Waals surface area contributed by atoms with E-state index in [4.69, 9.17) is 15.3 Å². The van der Waals surface area contributed by atoms with Crippen molar-refractivity contribution in [2.45, 2.75) is 6.18 Å². The van der Waals surface area contributed by atoms with E-state index < -0.39 is 17.3 Å². The Kier molecular flexibility index (Phi) is 4.33. The van der Waals surface area contributed by atoms with Crippen molar-refractivity contribution in [3.05, 3.63) is 58.7 Å². The highest BCUT2D eigenvalue weighted by atomic mass is 19.4. The van der Waals surface area contributed by atoms with E-state index in [1.807, 2.05) is 0 Å². The minimum atomic E-state index is -4.70.